The van der Waals surface area contributed by atoms with E-state index in [9.17, 15) is 0 Å². The Bertz CT molecular complexity index is 457. The van der Waals surface area contributed by atoms with Crippen molar-refractivity contribution in [2.24, 2.45) is 5.92 Å². The van der Waals surface area contributed by atoms with Crippen LogP contribution in [0.4, 0.5) is 5.69 Å². The molecule has 1 rings (SSSR count). The van der Waals surface area contributed by atoms with E-state index in [2.05, 4.69) is 13.8 Å². The summed E-state index contributed by atoms with van der Waals surface area (Å²) in [5.74, 6) is 1.39. The molecule has 0 aliphatic carbocycles. The first kappa shape index (κ1) is 24.7. The van der Waals surface area contributed by atoms with Crippen molar-refractivity contribution >= 4 is 5.69 Å². The molecule has 0 aliphatic heterocycles. The Morgan fingerprint density at radius 1 is 0.679 bits per heavy atom. The molecule has 1 aromatic rings. The zero-order valence-corrected chi connectivity index (χ0v) is 17.4. The molecule has 0 aromatic heterocycles. The molecule has 0 fully saturated rings. The second-order valence-corrected chi connectivity index (χ2v) is 6.46. The first-order chi connectivity index (χ1) is 13.7. The average Bonchev–Trinajstić information content (AvgIpc) is 2.71. The van der Waals surface area contributed by atoms with E-state index < -0.39 is 0 Å². The molecular formula is C21H37NO6. The quantitative estimate of drug-likeness (QED) is 0.283. The fourth-order valence-electron chi connectivity index (χ4n) is 2.06. The Kier molecular flexibility index (Phi) is 15.6. The van der Waals surface area contributed by atoms with Crippen LogP contribution in [0.3, 0.4) is 0 Å². The van der Waals surface area contributed by atoms with Crippen LogP contribution >= 0.6 is 0 Å². The van der Waals surface area contributed by atoms with Gasteiger partial charge in [-0.1, -0.05) is 20.3 Å². The maximum atomic E-state index is 5.62. The van der Waals surface area contributed by atoms with Gasteiger partial charge in [0.25, 0.3) is 0 Å². The molecule has 0 saturated carbocycles. The minimum atomic E-state index is 0.496. The monoisotopic (exact) mass is 399 g/mol. The van der Waals surface area contributed by atoms with Gasteiger partial charge in [0.2, 0.25) is 0 Å². The van der Waals surface area contributed by atoms with Crippen molar-refractivity contribution in [3.05, 3.63) is 24.3 Å². The number of benzene rings is 1. The Balaban J connectivity index is 1.72. The van der Waals surface area contributed by atoms with Crippen LogP contribution in [0.5, 0.6) is 5.75 Å². The molecule has 0 radical (unpaired) electrons. The molecule has 2 N–H and O–H groups in total. The highest BCUT2D eigenvalue weighted by atomic mass is 16.6. The van der Waals surface area contributed by atoms with E-state index in [0.717, 1.165) is 24.5 Å². The van der Waals surface area contributed by atoms with Gasteiger partial charge in [0, 0.05) is 12.3 Å². The molecule has 7 heteroatoms. The molecule has 0 aliphatic rings. The van der Waals surface area contributed by atoms with Gasteiger partial charge in [-0.3, -0.25) is 0 Å². The lowest BCUT2D eigenvalue weighted by Gasteiger charge is -2.10. The maximum absolute atomic E-state index is 5.62. The number of hydrogen-bond acceptors (Lipinski definition) is 7. The van der Waals surface area contributed by atoms with Crippen LogP contribution in [0.1, 0.15) is 20.3 Å². The van der Waals surface area contributed by atoms with Crippen molar-refractivity contribution in [1.82, 2.24) is 0 Å². The van der Waals surface area contributed by atoms with Crippen molar-refractivity contribution < 1.29 is 28.4 Å². The van der Waals surface area contributed by atoms with Gasteiger partial charge in [-0.05, 0) is 30.2 Å². The molecular weight excluding hydrogens is 362 g/mol. The largest absolute Gasteiger partial charge is 0.491 e. The third-order valence-electron chi connectivity index (χ3n) is 3.96. The molecule has 1 unspecified atom stereocenters. The third-order valence-corrected chi connectivity index (χ3v) is 3.96. The maximum Gasteiger partial charge on any atom is 0.119 e. The summed E-state index contributed by atoms with van der Waals surface area (Å²) in [6.07, 6.45) is 1.14. The van der Waals surface area contributed by atoms with Crippen LogP contribution in [0.25, 0.3) is 0 Å². The summed E-state index contributed by atoms with van der Waals surface area (Å²) in [6, 6.07) is 7.29. The minimum Gasteiger partial charge on any atom is -0.491 e. The Hall–Kier alpha value is -1.38. The first-order valence-corrected chi connectivity index (χ1v) is 10.1. The molecule has 0 bridgehead atoms. The van der Waals surface area contributed by atoms with Gasteiger partial charge in [-0.2, -0.15) is 0 Å². The second kappa shape index (κ2) is 17.7. The van der Waals surface area contributed by atoms with E-state index in [0.29, 0.717) is 72.0 Å². The first-order valence-electron chi connectivity index (χ1n) is 10.1. The van der Waals surface area contributed by atoms with Crippen molar-refractivity contribution in [1.29, 1.82) is 0 Å². The SMILES string of the molecule is CCC(C)COCCOCCOCCOCCOCCOc1ccc(N)cc1. The highest BCUT2D eigenvalue weighted by Crippen LogP contribution is 2.12. The molecule has 0 amide bonds. The summed E-state index contributed by atoms with van der Waals surface area (Å²) >= 11 is 0. The lowest BCUT2D eigenvalue weighted by molar-refractivity contribution is -0.0146. The van der Waals surface area contributed by atoms with Crippen LogP contribution in [-0.4, -0.2) is 72.7 Å². The van der Waals surface area contributed by atoms with Crippen molar-refractivity contribution in [3.63, 3.8) is 0 Å². The van der Waals surface area contributed by atoms with E-state index in [1.54, 1.807) is 0 Å². The van der Waals surface area contributed by atoms with Crippen LogP contribution in [0.15, 0.2) is 24.3 Å². The Labute approximate surface area is 169 Å². The third kappa shape index (κ3) is 14.6. The average molecular weight is 400 g/mol. The van der Waals surface area contributed by atoms with Crippen LogP contribution in [0, 0.1) is 5.92 Å². The Morgan fingerprint density at radius 2 is 1.11 bits per heavy atom. The molecule has 1 atom stereocenters. The van der Waals surface area contributed by atoms with Gasteiger partial charge >= 0.3 is 0 Å². The van der Waals surface area contributed by atoms with E-state index in [4.69, 9.17) is 34.2 Å². The van der Waals surface area contributed by atoms with Crippen LogP contribution < -0.4 is 10.5 Å². The standard InChI is InChI=1S/C21H37NO6/c1-3-19(2)18-27-15-14-25-11-10-23-8-9-24-12-13-26-16-17-28-21-6-4-20(22)5-7-21/h4-7,19H,3,8-18,22H2,1-2H3. The number of anilines is 1. The van der Waals surface area contributed by atoms with Gasteiger partial charge < -0.3 is 34.2 Å². The lowest BCUT2D eigenvalue weighted by Crippen LogP contribution is -2.15. The number of ether oxygens (including phenoxy) is 6. The zero-order chi connectivity index (χ0) is 20.3. The molecule has 162 valence electrons. The smallest absolute Gasteiger partial charge is 0.119 e. The van der Waals surface area contributed by atoms with Gasteiger partial charge in [0.05, 0.1) is 59.5 Å². The van der Waals surface area contributed by atoms with Crippen molar-refractivity contribution in [2.75, 3.05) is 78.4 Å². The van der Waals surface area contributed by atoms with Gasteiger partial charge in [0.15, 0.2) is 0 Å². The molecule has 0 spiro atoms. The fourth-order valence-corrected chi connectivity index (χ4v) is 2.06. The van der Waals surface area contributed by atoms with Gasteiger partial charge in [-0.25, -0.2) is 0 Å². The van der Waals surface area contributed by atoms with Crippen LogP contribution in [0.2, 0.25) is 0 Å². The number of nitrogen functional groups attached to an aromatic ring is 1. The predicted octanol–water partition coefficient (Wildman–Crippen LogP) is 2.78. The van der Waals surface area contributed by atoms with Crippen LogP contribution in [-0.2, 0) is 23.7 Å². The molecule has 0 heterocycles. The summed E-state index contributed by atoms with van der Waals surface area (Å²) < 4.78 is 32.8. The lowest BCUT2D eigenvalue weighted by atomic mass is 10.1. The molecule has 1 aromatic carbocycles. The summed E-state index contributed by atoms with van der Waals surface area (Å²) in [5, 5.41) is 0. The minimum absolute atomic E-state index is 0.496. The molecule has 0 saturated heterocycles. The van der Waals surface area contributed by atoms with E-state index in [-0.39, 0.29) is 0 Å². The summed E-state index contributed by atoms with van der Waals surface area (Å²) in [7, 11) is 0. The summed E-state index contributed by atoms with van der Waals surface area (Å²) in [4.78, 5) is 0. The molecule has 28 heavy (non-hydrogen) atoms. The van der Waals surface area contributed by atoms with Gasteiger partial charge in [-0.15, -0.1) is 0 Å². The number of nitrogens with two attached hydrogens (primary N) is 1. The van der Waals surface area contributed by atoms with E-state index in [1.165, 1.54) is 0 Å². The van der Waals surface area contributed by atoms with E-state index in [1.807, 2.05) is 24.3 Å². The summed E-state index contributed by atoms with van der Waals surface area (Å²) in [5.41, 5.74) is 6.34. The number of hydrogen-bond donors (Lipinski definition) is 1. The normalized spacial score (nSPS) is 12.2. The predicted molar refractivity (Wildman–Crippen MR) is 110 cm³/mol. The number of rotatable bonds is 19. The molecule has 7 nitrogen and oxygen atoms in total. The highest BCUT2D eigenvalue weighted by molar-refractivity contribution is 5.41. The fraction of sp³-hybridized carbons (Fsp3) is 0.714. The Morgan fingerprint density at radius 3 is 1.57 bits per heavy atom. The van der Waals surface area contributed by atoms with Crippen molar-refractivity contribution in [3.8, 4) is 5.75 Å². The summed E-state index contributed by atoms with van der Waals surface area (Å²) in [6.45, 7) is 10.7. The zero-order valence-electron chi connectivity index (χ0n) is 17.4. The highest BCUT2D eigenvalue weighted by Gasteiger charge is 1.98. The van der Waals surface area contributed by atoms with Crippen molar-refractivity contribution in [2.45, 2.75) is 20.3 Å². The van der Waals surface area contributed by atoms with E-state index >= 15 is 0 Å². The van der Waals surface area contributed by atoms with Gasteiger partial charge in [0.1, 0.15) is 12.4 Å². The second-order valence-electron chi connectivity index (χ2n) is 6.46. The topological polar surface area (TPSA) is 81.4 Å².